The Morgan fingerprint density at radius 1 is 1.21 bits per heavy atom. The number of fused-ring (bicyclic) bond motifs is 1. The number of hydrogen-bond donors (Lipinski definition) is 2. The van der Waals surface area contributed by atoms with Crippen molar-refractivity contribution in [1.29, 1.82) is 0 Å². The second-order valence-electron chi connectivity index (χ2n) is 7.95. The Bertz CT molecular complexity index is 713. The molecule has 0 spiro atoms. The molecule has 0 bridgehead atoms. The van der Waals surface area contributed by atoms with Crippen molar-refractivity contribution in [2.75, 3.05) is 38.1 Å². The van der Waals surface area contributed by atoms with Crippen LogP contribution in [0.5, 0.6) is 0 Å². The molecule has 28 heavy (non-hydrogen) atoms. The zero-order valence-electron chi connectivity index (χ0n) is 16.4. The topological polar surface area (TPSA) is 70.7 Å². The number of amides is 2. The van der Waals surface area contributed by atoms with Crippen LogP contribution in [0.15, 0.2) is 24.3 Å². The Hall–Kier alpha value is -1.79. The van der Waals surface area contributed by atoms with E-state index in [0.717, 1.165) is 50.0 Å². The third-order valence-corrected chi connectivity index (χ3v) is 6.74. The van der Waals surface area contributed by atoms with Crippen LogP contribution in [0.2, 0.25) is 0 Å². The number of ether oxygens (including phenoxy) is 1. The Morgan fingerprint density at radius 3 is 2.57 bits per heavy atom. The smallest absolute Gasteiger partial charge is 0.409 e. The molecule has 154 valence electrons. The molecular weight excluding hydrogens is 378 g/mol. The number of nitrogens with one attached hydrogen (secondary N) is 2. The van der Waals surface area contributed by atoms with E-state index in [1.165, 1.54) is 0 Å². The molecule has 3 aliphatic rings. The fourth-order valence-electron chi connectivity index (χ4n) is 5.46. The molecule has 2 amide bonds. The van der Waals surface area contributed by atoms with Gasteiger partial charge in [-0.2, -0.15) is 0 Å². The Morgan fingerprint density at radius 2 is 1.89 bits per heavy atom. The van der Waals surface area contributed by atoms with E-state index in [1.807, 2.05) is 30.0 Å². The molecule has 1 atom stereocenters. The summed E-state index contributed by atoms with van der Waals surface area (Å²) >= 11 is 0. The van der Waals surface area contributed by atoms with Gasteiger partial charge in [-0.05, 0) is 68.7 Å². The molecule has 1 unspecified atom stereocenters. The fraction of sp³-hybridized carbons (Fsp3) is 0.619. The number of rotatable bonds is 3. The van der Waals surface area contributed by atoms with Gasteiger partial charge in [-0.25, -0.2) is 4.79 Å². The molecule has 2 N–H and O–H groups in total. The number of hydrogen-bond acceptors (Lipinski definition) is 4. The van der Waals surface area contributed by atoms with Crippen molar-refractivity contribution in [2.45, 2.75) is 38.5 Å². The van der Waals surface area contributed by atoms with Crippen molar-refractivity contribution in [3.05, 3.63) is 29.8 Å². The Kier molecular flexibility index (Phi) is 6.50. The normalized spacial score (nSPS) is 24.1. The average Bonchev–Trinajstić information content (AvgIpc) is 3.05. The van der Waals surface area contributed by atoms with Crippen molar-refractivity contribution in [3.8, 4) is 0 Å². The highest BCUT2D eigenvalue weighted by atomic mass is 35.5. The van der Waals surface area contributed by atoms with Crippen molar-refractivity contribution in [3.63, 3.8) is 0 Å². The SMILES string of the molecule is CCOC(=O)N1CCC(C2(C3C(=O)Nc4ccccc43)CCNCC2)CC1.Cl. The van der Waals surface area contributed by atoms with E-state index in [2.05, 4.69) is 16.7 Å². The van der Waals surface area contributed by atoms with Gasteiger partial charge in [-0.1, -0.05) is 18.2 Å². The molecule has 3 heterocycles. The second kappa shape index (κ2) is 8.70. The number of nitrogens with zero attached hydrogens (tertiary/aromatic N) is 1. The molecule has 0 aromatic heterocycles. The van der Waals surface area contributed by atoms with Crippen LogP contribution in [0.1, 0.15) is 44.1 Å². The number of halogens is 1. The monoisotopic (exact) mass is 407 g/mol. The van der Waals surface area contributed by atoms with Gasteiger partial charge >= 0.3 is 6.09 Å². The van der Waals surface area contributed by atoms with Gasteiger partial charge < -0.3 is 20.3 Å². The van der Waals surface area contributed by atoms with Gasteiger partial charge in [-0.15, -0.1) is 12.4 Å². The summed E-state index contributed by atoms with van der Waals surface area (Å²) < 4.78 is 5.16. The Balaban J connectivity index is 0.00000225. The van der Waals surface area contributed by atoms with E-state index in [1.54, 1.807) is 0 Å². The predicted molar refractivity (Wildman–Crippen MR) is 111 cm³/mol. The van der Waals surface area contributed by atoms with Gasteiger partial charge in [0.05, 0.1) is 12.5 Å². The molecule has 4 rings (SSSR count). The lowest BCUT2D eigenvalue weighted by atomic mass is 9.57. The van der Waals surface area contributed by atoms with Crippen molar-refractivity contribution in [1.82, 2.24) is 10.2 Å². The summed E-state index contributed by atoms with van der Waals surface area (Å²) in [6, 6.07) is 8.12. The number of carbonyl (C=O) groups excluding carboxylic acids is 2. The molecule has 0 aliphatic carbocycles. The standard InChI is InChI=1S/C21H29N3O3.ClH/c1-2-27-20(26)24-13-7-15(8-14-24)21(9-11-22-12-10-21)18-16-5-3-4-6-17(16)23-19(18)25;/h3-6,15,18,22H,2,7-14H2,1H3,(H,23,25);1H. The fourth-order valence-corrected chi connectivity index (χ4v) is 5.46. The third kappa shape index (κ3) is 3.60. The van der Waals surface area contributed by atoms with E-state index < -0.39 is 0 Å². The average molecular weight is 408 g/mol. The number of likely N-dealkylation sites (tertiary alicyclic amines) is 1. The van der Waals surface area contributed by atoms with E-state index in [0.29, 0.717) is 25.6 Å². The minimum atomic E-state index is -0.209. The van der Waals surface area contributed by atoms with Crippen LogP contribution in [-0.4, -0.2) is 49.7 Å². The number of benzene rings is 1. The largest absolute Gasteiger partial charge is 0.450 e. The molecular formula is C21H30ClN3O3. The molecule has 1 aromatic rings. The second-order valence-corrected chi connectivity index (χ2v) is 7.95. The molecule has 0 saturated carbocycles. The minimum Gasteiger partial charge on any atom is -0.450 e. The van der Waals surface area contributed by atoms with Crippen LogP contribution in [0.3, 0.4) is 0 Å². The predicted octanol–water partition coefficient (Wildman–Crippen LogP) is 3.38. The summed E-state index contributed by atoms with van der Waals surface area (Å²) in [4.78, 5) is 26.9. The number of piperidine rings is 2. The van der Waals surface area contributed by atoms with Crippen LogP contribution >= 0.6 is 12.4 Å². The van der Waals surface area contributed by atoms with Crippen molar-refractivity contribution < 1.29 is 14.3 Å². The number of anilines is 1. The summed E-state index contributed by atoms with van der Waals surface area (Å²) in [7, 11) is 0. The van der Waals surface area contributed by atoms with E-state index in [-0.39, 0.29) is 35.7 Å². The highest BCUT2D eigenvalue weighted by Crippen LogP contribution is 2.55. The van der Waals surface area contributed by atoms with Gasteiger partial charge in [-0.3, -0.25) is 4.79 Å². The molecule has 1 aromatic carbocycles. The minimum absolute atomic E-state index is 0. The first-order chi connectivity index (χ1) is 13.2. The van der Waals surface area contributed by atoms with E-state index in [4.69, 9.17) is 4.74 Å². The van der Waals surface area contributed by atoms with Gasteiger partial charge in [0.15, 0.2) is 0 Å². The van der Waals surface area contributed by atoms with Crippen LogP contribution < -0.4 is 10.6 Å². The molecule has 2 fully saturated rings. The summed E-state index contributed by atoms with van der Waals surface area (Å²) in [5.74, 6) is 0.494. The summed E-state index contributed by atoms with van der Waals surface area (Å²) in [6.07, 6.45) is 3.67. The van der Waals surface area contributed by atoms with Gasteiger partial charge in [0, 0.05) is 18.8 Å². The molecule has 6 nitrogen and oxygen atoms in total. The lowest BCUT2D eigenvalue weighted by Gasteiger charge is -2.49. The molecule has 0 radical (unpaired) electrons. The molecule has 2 saturated heterocycles. The number of para-hydroxylation sites is 1. The van der Waals surface area contributed by atoms with Crippen LogP contribution in [0.4, 0.5) is 10.5 Å². The lowest BCUT2D eigenvalue weighted by Crippen LogP contribution is -2.51. The maximum Gasteiger partial charge on any atom is 0.409 e. The maximum atomic E-state index is 13.0. The van der Waals surface area contributed by atoms with Crippen LogP contribution in [0, 0.1) is 11.3 Å². The van der Waals surface area contributed by atoms with Gasteiger partial charge in [0.2, 0.25) is 5.91 Å². The lowest BCUT2D eigenvalue weighted by molar-refractivity contribution is -0.122. The highest BCUT2D eigenvalue weighted by molar-refractivity contribution is 6.03. The van der Waals surface area contributed by atoms with Crippen LogP contribution in [0.25, 0.3) is 0 Å². The zero-order chi connectivity index (χ0) is 18.9. The first kappa shape index (κ1) is 20.9. The van der Waals surface area contributed by atoms with Gasteiger partial charge in [0.25, 0.3) is 0 Å². The van der Waals surface area contributed by atoms with Crippen molar-refractivity contribution in [2.24, 2.45) is 11.3 Å². The first-order valence-electron chi connectivity index (χ1n) is 10.2. The Labute approximate surface area is 172 Å². The third-order valence-electron chi connectivity index (χ3n) is 6.74. The summed E-state index contributed by atoms with van der Waals surface area (Å²) in [6.45, 7) is 5.58. The van der Waals surface area contributed by atoms with Crippen LogP contribution in [-0.2, 0) is 9.53 Å². The maximum absolute atomic E-state index is 13.0. The zero-order valence-corrected chi connectivity index (χ0v) is 17.2. The highest BCUT2D eigenvalue weighted by Gasteiger charge is 2.52. The molecule has 7 heteroatoms. The van der Waals surface area contributed by atoms with E-state index in [9.17, 15) is 9.59 Å². The summed E-state index contributed by atoms with van der Waals surface area (Å²) in [5.41, 5.74) is 2.08. The van der Waals surface area contributed by atoms with E-state index >= 15 is 0 Å². The quantitative estimate of drug-likeness (QED) is 0.805. The van der Waals surface area contributed by atoms with Crippen molar-refractivity contribution >= 4 is 30.1 Å². The number of carbonyl (C=O) groups is 2. The summed E-state index contributed by atoms with van der Waals surface area (Å²) in [5, 5.41) is 6.58. The molecule has 3 aliphatic heterocycles. The first-order valence-corrected chi connectivity index (χ1v) is 10.2. The van der Waals surface area contributed by atoms with Gasteiger partial charge in [0.1, 0.15) is 0 Å².